The largest absolute Gasteiger partial charge is 0.394 e. The molecule has 0 radical (unpaired) electrons. The Hall–Kier alpha value is -0.0551. The highest BCUT2D eigenvalue weighted by atomic mass is 16.5. The third kappa shape index (κ3) is 1.19. The van der Waals surface area contributed by atoms with E-state index in [1.165, 1.54) is 0 Å². The van der Waals surface area contributed by atoms with Crippen molar-refractivity contribution in [3.05, 3.63) is 0 Å². The zero-order valence-electron chi connectivity index (χ0n) is 6.32. The van der Waals surface area contributed by atoms with E-state index in [1.54, 1.807) is 0 Å². The Labute approximate surface area is 61.4 Å². The summed E-state index contributed by atoms with van der Waals surface area (Å²) in [6, 6.07) is -0.132. The fraction of sp³-hybridized carbons (Fsp3) is 1.00. The molecule has 0 aromatic heterocycles. The highest BCUT2D eigenvalue weighted by molar-refractivity contribution is 6.11. The van der Waals surface area contributed by atoms with Gasteiger partial charge in [-0.05, 0) is 0 Å². The summed E-state index contributed by atoms with van der Waals surface area (Å²) < 4.78 is 5.23. The monoisotopic (exact) mass is 144 g/mol. The second-order valence-electron chi connectivity index (χ2n) is 2.91. The molecule has 0 amide bonds. The fourth-order valence-electron chi connectivity index (χ4n) is 1.34. The van der Waals surface area contributed by atoms with Gasteiger partial charge in [-0.25, -0.2) is 0 Å². The first kappa shape index (κ1) is 8.05. The molecular weight excluding hydrogens is 131 g/mol. The van der Waals surface area contributed by atoms with Crippen LogP contribution in [0.25, 0.3) is 0 Å². The van der Waals surface area contributed by atoms with Crippen LogP contribution in [0.4, 0.5) is 0 Å². The van der Waals surface area contributed by atoms with E-state index >= 15 is 0 Å². The van der Waals surface area contributed by atoms with Gasteiger partial charge in [0.25, 0.3) is 0 Å². The minimum absolute atomic E-state index is 0.00255. The van der Waals surface area contributed by atoms with Gasteiger partial charge in [0.2, 0.25) is 0 Å². The SMILES string of the molecule is B[C@@H]1O[C@H](CO)C(C)[C@@H]1O. The van der Waals surface area contributed by atoms with Gasteiger partial charge in [-0.3, -0.25) is 0 Å². The van der Waals surface area contributed by atoms with Crippen LogP contribution in [0.3, 0.4) is 0 Å². The first-order valence-corrected chi connectivity index (χ1v) is 3.61. The van der Waals surface area contributed by atoms with Gasteiger partial charge in [0, 0.05) is 5.92 Å². The topological polar surface area (TPSA) is 49.7 Å². The Morgan fingerprint density at radius 3 is 2.40 bits per heavy atom. The Morgan fingerprint density at radius 2 is 2.20 bits per heavy atom. The average molecular weight is 144 g/mol. The molecular formula is C6H13BO3. The van der Waals surface area contributed by atoms with Crippen molar-refractivity contribution < 1.29 is 14.9 Å². The molecule has 10 heavy (non-hydrogen) atoms. The summed E-state index contributed by atoms with van der Waals surface area (Å²) in [7, 11) is 1.82. The summed E-state index contributed by atoms with van der Waals surface area (Å²) in [4.78, 5) is 0. The van der Waals surface area contributed by atoms with Gasteiger partial charge in [0.1, 0.15) is 7.85 Å². The zero-order chi connectivity index (χ0) is 7.72. The third-order valence-electron chi connectivity index (χ3n) is 2.18. The minimum Gasteiger partial charge on any atom is -0.394 e. The summed E-state index contributed by atoms with van der Waals surface area (Å²) in [6.45, 7) is 1.89. The number of rotatable bonds is 1. The number of aliphatic hydroxyl groups excluding tert-OH is 2. The maximum absolute atomic E-state index is 9.33. The van der Waals surface area contributed by atoms with Crippen molar-refractivity contribution in [2.45, 2.75) is 25.1 Å². The molecule has 1 unspecified atom stereocenters. The fourth-order valence-corrected chi connectivity index (χ4v) is 1.34. The first-order valence-electron chi connectivity index (χ1n) is 3.61. The van der Waals surface area contributed by atoms with E-state index in [4.69, 9.17) is 9.84 Å². The van der Waals surface area contributed by atoms with Crippen LogP contribution in [0, 0.1) is 5.92 Å². The summed E-state index contributed by atoms with van der Waals surface area (Å²) >= 11 is 0. The van der Waals surface area contributed by atoms with Gasteiger partial charge in [0.15, 0.2) is 0 Å². The molecule has 1 aliphatic rings. The molecule has 1 saturated heterocycles. The van der Waals surface area contributed by atoms with Crippen molar-refractivity contribution in [3.8, 4) is 0 Å². The predicted molar refractivity (Wildman–Crippen MR) is 39.5 cm³/mol. The maximum Gasteiger partial charge on any atom is 0.142 e. The Kier molecular flexibility index (Phi) is 2.34. The maximum atomic E-state index is 9.33. The summed E-state index contributed by atoms with van der Waals surface area (Å²) in [5.41, 5.74) is 0. The standard InChI is InChI=1S/C6H13BO3/c1-3-4(2-8)10-6(7)5(3)9/h3-6,8-9H,2,7H2,1H3/t3?,4-,5+,6-/m1/s1. The van der Waals surface area contributed by atoms with E-state index in [9.17, 15) is 5.11 Å². The molecule has 0 bridgehead atoms. The number of hydrogen-bond donors (Lipinski definition) is 2. The molecule has 2 N–H and O–H groups in total. The molecule has 3 nitrogen and oxygen atoms in total. The molecule has 4 atom stereocenters. The van der Waals surface area contributed by atoms with Crippen molar-refractivity contribution in [2.24, 2.45) is 5.92 Å². The van der Waals surface area contributed by atoms with Gasteiger partial charge >= 0.3 is 0 Å². The van der Waals surface area contributed by atoms with Gasteiger partial charge in [0.05, 0.1) is 24.8 Å². The highest BCUT2D eigenvalue weighted by Crippen LogP contribution is 2.24. The van der Waals surface area contributed by atoms with Crippen LogP contribution in [0.15, 0.2) is 0 Å². The minimum atomic E-state index is -0.419. The van der Waals surface area contributed by atoms with Crippen LogP contribution >= 0.6 is 0 Å². The predicted octanol–water partition coefficient (Wildman–Crippen LogP) is -1.67. The summed E-state index contributed by atoms with van der Waals surface area (Å²) in [6.07, 6.45) is -0.595. The van der Waals surface area contributed by atoms with Crippen molar-refractivity contribution in [3.63, 3.8) is 0 Å². The van der Waals surface area contributed by atoms with Gasteiger partial charge in [-0.15, -0.1) is 0 Å². The molecule has 0 aromatic rings. The lowest BCUT2D eigenvalue weighted by Gasteiger charge is -2.11. The van der Waals surface area contributed by atoms with Crippen LogP contribution in [-0.4, -0.2) is 42.9 Å². The third-order valence-corrected chi connectivity index (χ3v) is 2.18. The Morgan fingerprint density at radius 1 is 1.60 bits per heavy atom. The van der Waals surface area contributed by atoms with E-state index in [2.05, 4.69) is 0 Å². The lowest BCUT2D eigenvalue weighted by atomic mass is 9.89. The Balaban J connectivity index is 2.53. The van der Waals surface area contributed by atoms with Crippen LogP contribution in [0.5, 0.6) is 0 Å². The van der Waals surface area contributed by atoms with Crippen LogP contribution in [0.1, 0.15) is 6.92 Å². The molecule has 0 aliphatic carbocycles. The van der Waals surface area contributed by atoms with Crippen LogP contribution < -0.4 is 0 Å². The number of aliphatic hydroxyl groups is 2. The van der Waals surface area contributed by atoms with Crippen LogP contribution in [-0.2, 0) is 4.74 Å². The average Bonchev–Trinajstić information content (AvgIpc) is 2.17. The Bertz CT molecular complexity index is 120. The molecule has 1 fully saturated rings. The normalized spacial score (nSPS) is 47.9. The van der Waals surface area contributed by atoms with E-state index in [0.717, 1.165) is 0 Å². The zero-order valence-corrected chi connectivity index (χ0v) is 6.32. The van der Waals surface area contributed by atoms with Gasteiger partial charge in [-0.2, -0.15) is 0 Å². The van der Waals surface area contributed by atoms with E-state index in [-0.39, 0.29) is 24.6 Å². The van der Waals surface area contributed by atoms with E-state index in [1.807, 2.05) is 14.8 Å². The molecule has 4 heteroatoms. The number of ether oxygens (including phenoxy) is 1. The summed E-state index contributed by atoms with van der Waals surface area (Å²) in [5, 5.41) is 18.1. The molecule has 0 aromatic carbocycles. The lowest BCUT2D eigenvalue weighted by Crippen LogP contribution is -2.26. The quantitative estimate of drug-likeness (QED) is 0.433. The second-order valence-corrected chi connectivity index (χ2v) is 2.91. The van der Waals surface area contributed by atoms with Crippen molar-refractivity contribution >= 4 is 7.85 Å². The molecule has 0 spiro atoms. The van der Waals surface area contributed by atoms with Gasteiger partial charge in [-0.1, -0.05) is 6.92 Å². The van der Waals surface area contributed by atoms with Crippen molar-refractivity contribution in [2.75, 3.05) is 6.61 Å². The molecule has 1 aliphatic heterocycles. The second kappa shape index (κ2) is 2.90. The van der Waals surface area contributed by atoms with Gasteiger partial charge < -0.3 is 14.9 Å². The lowest BCUT2D eigenvalue weighted by molar-refractivity contribution is 0.0253. The summed E-state index contributed by atoms with van der Waals surface area (Å²) in [5.74, 6) is 0.0556. The molecule has 58 valence electrons. The molecule has 0 saturated carbocycles. The van der Waals surface area contributed by atoms with E-state index < -0.39 is 6.10 Å². The number of hydrogen-bond acceptors (Lipinski definition) is 3. The van der Waals surface area contributed by atoms with Crippen molar-refractivity contribution in [1.82, 2.24) is 0 Å². The highest BCUT2D eigenvalue weighted by Gasteiger charge is 2.37. The molecule has 1 rings (SSSR count). The smallest absolute Gasteiger partial charge is 0.142 e. The van der Waals surface area contributed by atoms with E-state index in [0.29, 0.717) is 0 Å². The molecule has 1 heterocycles. The first-order chi connectivity index (χ1) is 4.66. The van der Waals surface area contributed by atoms with Crippen molar-refractivity contribution in [1.29, 1.82) is 0 Å². The van der Waals surface area contributed by atoms with Crippen LogP contribution in [0.2, 0.25) is 0 Å².